The monoisotopic (exact) mass is 370 g/mol. The van der Waals surface area contributed by atoms with Crippen LogP contribution in [0, 0.1) is 11.3 Å². The average molecular weight is 370 g/mol. The molecule has 0 spiro atoms. The van der Waals surface area contributed by atoms with Crippen LogP contribution in [0.3, 0.4) is 0 Å². The highest BCUT2D eigenvalue weighted by Gasteiger charge is 2.81. The van der Waals surface area contributed by atoms with E-state index >= 15 is 0 Å². The molecule has 0 amide bonds. The molecule has 6 heteroatoms. The van der Waals surface area contributed by atoms with Crippen LogP contribution in [0.5, 0.6) is 0 Å². The van der Waals surface area contributed by atoms with Crippen molar-refractivity contribution in [1.82, 2.24) is 5.32 Å². The van der Waals surface area contributed by atoms with Crippen LogP contribution >= 0.6 is 0 Å². The number of ether oxygens (including phenoxy) is 2. The molecule has 1 aromatic rings. The van der Waals surface area contributed by atoms with Crippen molar-refractivity contribution >= 4 is 11.7 Å². The first-order valence-electron chi connectivity index (χ1n) is 9.70. The van der Waals surface area contributed by atoms with Crippen LogP contribution in [-0.2, 0) is 19.7 Å². The molecule has 5 rings (SSSR count). The first-order valence-corrected chi connectivity index (χ1v) is 9.70. The lowest BCUT2D eigenvalue weighted by Gasteiger charge is -2.62. The van der Waals surface area contributed by atoms with Gasteiger partial charge in [-0.05, 0) is 31.4 Å². The minimum atomic E-state index is -1.09. The standard InChI is InChI=1S/C21H26N2O4/c1-3-13-11-22-17-10-15(13)19(12-24,18(25)26-2)20-8-9-27-21(17,20)23-16-7-5-4-6-14(16)20/h3-7,15,17,22-24H,8-12H2,1-2H3/b13-3-/t15-,17-,19?,20-,21-/m0/s1. The number of aliphatic hydroxyl groups excluding tert-OH is 1. The summed E-state index contributed by atoms with van der Waals surface area (Å²) in [6.45, 7) is 2.96. The van der Waals surface area contributed by atoms with Crippen molar-refractivity contribution in [3.8, 4) is 0 Å². The van der Waals surface area contributed by atoms with Crippen molar-refractivity contribution in [2.24, 2.45) is 11.3 Å². The number of piperidine rings is 1. The van der Waals surface area contributed by atoms with Gasteiger partial charge in [0.2, 0.25) is 0 Å². The van der Waals surface area contributed by atoms with E-state index in [9.17, 15) is 9.90 Å². The third-order valence-corrected chi connectivity index (χ3v) is 7.64. The Morgan fingerprint density at radius 1 is 1.44 bits per heavy atom. The Hall–Kier alpha value is -1.89. The highest BCUT2D eigenvalue weighted by atomic mass is 16.5. The molecular formula is C21H26N2O4. The zero-order valence-electron chi connectivity index (χ0n) is 15.7. The maximum Gasteiger partial charge on any atom is 0.315 e. The largest absolute Gasteiger partial charge is 0.468 e. The number of carbonyl (C=O) groups is 1. The lowest BCUT2D eigenvalue weighted by molar-refractivity contribution is -0.192. The summed E-state index contributed by atoms with van der Waals surface area (Å²) in [6, 6.07) is 8.14. The highest BCUT2D eigenvalue weighted by molar-refractivity contribution is 5.85. The van der Waals surface area contributed by atoms with E-state index in [1.54, 1.807) is 0 Å². The van der Waals surface area contributed by atoms with E-state index < -0.39 is 16.6 Å². The number of para-hydroxylation sites is 1. The number of esters is 1. The normalized spacial score (nSPS) is 42.9. The summed E-state index contributed by atoms with van der Waals surface area (Å²) in [7, 11) is 1.42. The second-order valence-corrected chi connectivity index (χ2v) is 8.12. The van der Waals surface area contributed by atoms with Crippen LogP contribution in [0.1, 0.15) is 25.3 Å². The zero-order chi connectivity index (χ0) is 18.9. The molecule has 4 aliphatic rings. The van der Waals surface area contributed by atoms with Gasteiger partial charge in [-0.1, -0.05) is 29.8 Å². The van der Waals surface area contributed by atoms with Gasteiger partial charge < -0.3 is 25.2 Å². The number of carbonyl (C=O) groups excluding carboxylic acids is 1. The zero-order valence-corrected chi connectivity index (χ0v) is 15.7. The van der Waals surface area contributed by atoms with E-state index in [1.807, 2.05) is 25.1 Å². The molecule has 1 aliphatic carbocycles. The second kappa shape index (κ2) is 5.56. The van der Waals surface area contributed by atoms with Crippen LogP contribution in [-0.4, -0.2) is 49.7 Å². The predicted molar refractivity (Wildman–Crippen MR) is 100 cm³/mol. The Morgan fingerprint density at radius 3 is 3.00 bits per heavy atom. The minimum Gasteiger partial charge on any atom is -0.468 e. The number of nitrogens with one attached hydrogen (secondary N) is 2. The van der Waals surface area contributed by atoms with E-state index in [-0.39, 0.29) is 24.5 Å². The maximum atomic E-state index is 13.5. The van der Waals surface area contributed by atoms with Gasteiger partial charge in [0.05, 0.1) is 31.8 Å². The summed E-state index contributed by atoms with van der Waals surface area (Å²) < 4.78 is 11.8. The smallest absolute Gasteiger partial charge is 0.315 e. The average Bonchev–Trinajstić information content (AvgIpc) is 3.22. The van der Waals surface area contributed by atoms with E-state index in [0.717, 1.165) is 23.2 Å². The molecule has 6 nitrogen and oxygen atoms in total. The number of allylic oxidation sites excluding steroid dienone is 1. The molecule has 144 valence electrons. The molecular weight excluding hydrogens is 344 g/mol. The van der Waals surface area contributed by atoms with Gasteiger partial charge in [0.15, 0.2) is 5.72 Å². The van der Waals surface area contributed by atoms with E-state index in [1.165, 1.54) is 7.11 Å². The molecule has 27 heavy (non-hydrogen) atoms. The highest BCUT2D eigenvalue weighted by Crippen LogP contribution is 2.70. The van der Waals surface area contributed by atoms with Gasteiger partial charge in [-0.3, -0.25) is 4.79 Å². The van der Waals surface area contributed by atoms with Crippen LogP contribution in [0.15, 0.2) is 35.9 Å². The number of anilines is 1. The van der Waals surface area contributed by atoms with Gasteiger partial charge >= 0.3 is 5.97 Å². The molecule has 2 saturated heterocycles. The van der Waals surface area contributed by atoms with Crippen molar-refractivity contribution < 1.29 is 19.4 Å². The SMILES string of the molecule is C/C=C1/CN[C@H]2C[C@@H]1C(CO)(C(=O)OC)[C@@]13CCO[C@@]21Nc1ccccc13. The topological polar surface area (TPSA) is 79.8 Å². The van der Waals surface area contributed by atoms with Gasteiger partial charge in [-0.15, -0.1) is 0 Å². The Labute approximate surface area is 158 Å². The van der Waals surface area contributed by atoms with Crippen molar-refractivity contribution in [3.63, 3.8) is 0 Å². The molecule has 3 N–H and O–H groups in total. The fourth-order valence-corrected chi connectivity index (χ4v) is 6.67. The van der Waals surface area contributed by atoms with Crippen molar-refractivity contribution in [2.75, 3.05) is 32.2 Å². The maximum absolute atomic E-state index is 13.5. The van der Waals surface area contributed by atoms with Gasteiger partial charge in [0.1, 0.15) is 5.41 Å². The van der Waals surface area contributed by atoms with Gasteiger partial charge in [-0.25, -0.2) is 0 Å². The molecule has 1 saturated carbocycles. The van der Waals surface area contributed by atoms with Gasteiger partial charge in [0, 0.05) is 18.2 Å². The van der Waals surface area contributed by atoms with E-state index in [2.05, 4.69) is 22.8 Å². The van der Waals surface area contributed by atoms with Crippen LogP contribution in [0.2, 0.25) is 0 Å². The lowest BCUT2D eigenvalue weighted by atomic mass is 9.44. The van der Waals surface area contributed by atoms with Crippen molar-refractivity contribution in [1.29, 1.82) is 0 Å². The first-order chi connectivity index (χ1) is 13.1. The van der Waals surface area contributed by atoms with Gasteiger partial charge in [0.25, 0.3) is 0 Å². The summed E-state index contributed by atoms with van der Waals surface area (Å²) in [5, 5.41) is 18.1. The quantitative estimate of drug-likeness (QED) is 0.542. The summed E-state index contributed by atoms with van der Waals surface area (Å²) in [5.41, 5.74) is 0.658. The molecule has 1 unspecified atom stereocenters. The summed E-state index contributed by atoms with van der Waals surface area (Å²) >= 11 is 0. The number of hydrogen-bond acceptors (Lipinski definition) is 6. The second-order valence-electron chi connectivity index (χ2n) is 8.12. The van der Waals surface area contributed by atoms with Crippen LogP contribution in [0.4, 0.5) is 5.69 Å². The Bertz CT molecular complexity index is 839. The third kappa shape index (κ3) is 1.67. The number of rotatable bonds is 2. The van der Waals surface area contributed by atoms with Gasteiger partial charge in [-0.2, -0.15) is 0 Å². The predicted octanol–water partition coefficient (Wildman–Crippen LogP) is 1.56. The molecule has 0 radical (unpaired) electrons. The molecule has 5 atom stereocenters. The number of fused-ring (bicyclic) bond motifs is 3. The lowest BCUT2D eigenvalue weighted by Crippen LogP contribution is -2.78. The van der Waals surface area contributed by atoms with Crippen molar-refractivity contribution in [3.05, 3.63) is 41.5 Å². The Kier molecular flexibility index (Phi) is 3.55. The minimum absolute atomic E-state index is 0.0467. The molecule has 2 bridgehead atoms. The van der Waals surface area contributed by atoms with Crippen LogP contribution < -0.4 is 10.6 Å². The molecule has 1 aromatic carbocycles. The number of aliphatic hydroxyl groups is 1. The Balaban J connectivity index is 1.87. The fourth-order valence-electron chi connectivity index (χ4n) is 6.67. The molecule has 0 aromatic heterocycles. The fraction of sp³-hybridized carbons (Fsp3) is 0.571. The number of benzene rings is 1. The molecule has 3 heterocycles. The van der Waals surface area contributed by atoms with E-state index in [0.29, 0.717) is 19.6 Å². The Morgan fingerprint density at radius 2 is 2.26 bits per heavy atom. The summed E-state index contributed by atoms with van der Waals surface area (Å²) in [4.78, 5) is 13.5. The van der Waals surface area contributed by atoms with Crippen molar-refractivity contribution in [2.45, 2.75) is 36.9 Å². The first kappa shape index (κ1) is 17.2. The molecule has 3 fully saturated rings. The number of methoxy groups -OCH3 is 1. The molecule has 3 aliphatic heterocycles. The van der Waals surface area contributed by atoms with Crippen LogP contribution in [0.25, 0.3) is 0 Å². The third-order valence-electron chi connectivity index (χ3n) is 7.64. The summed E-state index contributed by atoms with van der Waals surface area (Å²) in [6.07, 6.45) is 3.46. The van der Waals surface area contributed by atoms with E-state index in [4.69, 9.17) is 9.47 Å². The number of hydrogen-bond donors (Lipinski definition) is 3. The summed E-state index contributed by atoms with van der Waals surface area (Å²) in [5.74, 6) is -0.433.